The van der Waals surface area contributed by atoms with Crippen LogP contribution in [0.15, 0.2) is 18.5 Å². The van der Waals surface area contributed by atoms with E-state index in [4.69, 9.17) is 15.2 Å². The van der Waals surface area contributed by atoms with Crippen molar-refractivity contribution in [2.24, 2.45) is 5.73 Å². The highest BCUT2D eigenvalue weighted by Crippen LogP contribution is 2.36. The molecular weight excluding hydrogens is 350 g/mol. The van der Waals surface area contributed by atoms with Crippen molar-refractivity contribution in [3.8, 4) is 5.75 Å². The SMILES string of the molecule is CC(C)Oc1cc2c(N3C[C@H]4NC(=O)O[C@@]4(C)C3)ncnc2cc1C(N)=O. The third-order valence-corrected chi connectivity index (χ3v) is 4.91. The van der Waals surface area contributed by atoms with Crippen LogP contribution in [0.3, 0.4) is 0 Å². The molecule has 9 nitrogen and oxygen atoms in total. The van der Waals surface area contributed by atoms with Gasteiger partial charge in [0.2, 0.25) is 0 Å². The molecule has 2 atom stereocenters. The Kier molecular flexibility index (Phi) is 3.83. The van der Waals surface area contributed by atoms with Gasteiger partial charge in [-0.3, -0.25) is 4.79 Å². The van der Waals surface area contributed by atoms with E-state index in [1.165, 1.54) is 6.33 Å². The zero-order valence-corrected chi connectivity index (χ0v) is 15.4. The number of hydrogen-bond acceptors (Lipinski definition) is 7. The maximum Gasteiger partial charge on any atom is 0.408 e. The fraction of sp³-hybridized carbons (Fsp3) is 0.444. The predicted molar refractivity (Wildman–Crippen MR) is 97.8 cm³/mol. The Hall–Kier alpha value is -3.10. The van der Waals surface area contributed by atoms with Crippen LogP contribution in [0.2, 0.25) is 0 Å². The van der Waals surface area contributed by atoms with Crippen LogP contribution < -0.4 is 20.7 Å². The molecule has 0 radical (unpaired) electrons. The highest BCUT2D eigenvalue weighted by molar-refractivity contribution is 6.02. The van der Waals surface area contributed by atoms with Crippen LogP contribution in [0.5, 0.6) is 5.75 Å². The number of ether oxygens (including phenoxy) is 2. The lowest BCUT2D eigenvalue weighted by atomic mass is 10.0. The molecule has 4 rings (SSSR count). The summed E-state index contributed by atoms with van der Waals surface area (Å²) >= 11 is 0. The van der Waals surface area contributed by atoms with E-state index in [1.807, 2.05) is 25.7 Å². The van der Waals surface area contributed by atoms with E-state index in [-0.39, 0.29) is 17.7 Å². The number of nitrogens with two attached hydrogens (primary N) is 1. The van der Waals surface area contributed by atoms with E-state index >= 15 is 0 Å². The summed E-state index contributed by atoms with van der Waals surface area (Å²) in [5, 5.41) is 3.58. The molecule has 0 unspecified atom stereocenters. The van der Waals surface area contributed by atoms with E-state index in [9.17, 15) is 9.59 Å². The highest BCUT2D eigenvalue weighted by Gasteiger charge is 2.52. The fourth-order valence-corrected chi connectivity index (χ4v) is 3.68. The highest BCUT2D eigenvalue weighted by atomic mass is 16.6. The van der Waals surface area contributed by atoms with Crippen LogP contribution in [-0.2, 0) is 4.74 Å². The largest absolute Gasteiger partial charge is 0.490 e. The molecule has 2 aromatic rings. The summed E-state index contributed by atoms with van der Waals surface area (Å²) in [6.45, 7) is 6.71. The van der Waals surface area contributed by atoms with E-state index in [2.05, 4.69) is 15.3 Å². The number of carbonyl (C=O) groups is 2. The molecule has 0 aliphatic carbocycles. The lowest BCUT2D eigenvalue weighted by molar-refractivity contribution is 0.0761. The number of fused-ring (bicyclic) bond motifs is 2. The van der Waals surface area contributed by atoms with Crippen molar-refractivity contribution >= 4 is 28.7 Å². The molecule has 2 aliphatic heterocycles. The van der Waals surface area contributed by atoms with Crippen molar-refractivity contribution in [2.75, 3.05) is 18.0 Å². The van der Waals surface area contributed by atoms with Crippen molar-refractivity contribution < 1.29 is 19.1 Å². The topological polar surface area (TPSA) is 120 Å². The van der Waals surface area contributed by atoms with Gasteiger partial charge >= 0.3 is 6.09 Å². The number of alkyl carbamates (subject to hydrolysis) is 1. The van der Waals surface area contributed by atoms with Crippen LogP contribution >= 0.6 is 0 Å². The monoisotopic (exact) mass is 371 g/mol. The van der Waals surface area contributed by atoms with Crippen molar-refractivity contribution in [3.05, 3.63) is 24.0 Å². The second-order valence-electron chi connectivity index (χ2n) is 7.37. The minimum Gasteiger partial charge on any atom is -0.490 e. The molecule has 2 amide bonds. The number of carbonyl (C=O) groups excluding carboxylic acids is 2. The molecule has 0 spiro atoms. The smallest absolute Gasteiger partial charge is 0.408 e. The number of rotatable bonds is 4. The first kappa shape index (κ1) is 17.3. The molecule has 3 N–H and O–H groups in total. The van der Waals surface area contributed by atoms with Gasteiger partial charge in [0.1, 0.15) is 17.9 Å². The third-order valence-electron chi connectivity index (χ3n) is 4.91. The zero-order valence-electron chi connectivity index (χ0n) is 15.4. The summed E-state index contributed by atoms with van der Waals surface area (Å²) in [6, 6.07) is 3.25. The van der Waals surface area contributed by atoms with Gasteiger partial charge in [0.05, 0.1) is 29.8 Å². The molecule has 2 aliphatic rings. The molecule has 2 saturated heterocycles. The van der Waals surface area contributed by atoms with Crippen LogP contribution in [0.25, 0.3) is 10.9 Å². The molecule has 9 heteroatoms. The first-order valence-electron chi connectivity index (χ1n) is 8.76. The number of hydrogen-bond donors (Lipinski definition) is 2. The quantitative estimate of drug-likeness (QED) is 0.829. The summed E-state index contributed by atoms with van der Waals surface area (Å²) in [5.74, 6) is 0.515. The summed E-state index contributed by atoms with van der Waals surface area (Å²) in [7, 11) is 0. The van der Waals surface area contributed by atoms with E-state index in [0.717, 1.165) is 5.39 Å². The number of aromatic nitrogens is 2. The van der Waals surface area contributed by atoms with Gasteiger partial charge in [-0.25, -0.2) is 14.8 Å². The second kappa shape index (κ2) is 5.97. The fourth-order valence-electron chi connectivity index (χ4n) is 3.68. The van der Waals surface area contributed by atoms with Gasteiger partial charge < -0.3 is 25.4 Å². The van der Waals surface area contributed by atoms with Crippen LogP contribution in [0, 0.1) is 0 Å². The Morgan fingerprint density at radius 3 is 2.89 bits per heavy atom. The molecule has 27 heavy (non-hydrogen) atoms. The van der Waals surface area contributed by atoms with Gasteiger partial charge in [-0.15, -0.1) is 0 Å². The van der Waals surface area contributed by atoms with E-state index in [0.29, 0.717) is 30.2 Å². The number of primary amides is 1. The first-order chi connectivity index (χ1) is 12.8. The molecule has 1 aromatic carbocycles. The number of amides is 2. The second-order valence-corrected chi connectivity index (χ2v) is 7.37. The maximum atomic E-state index is 11.8. The molecule has 2 fully saturated rings. The average Bonchev–Trinajstić information content (AvgIpc) is 3.02. The van der Waals surface area contributed by atoms with Crippen molar-refractivity contribution in [1.29, 1.82) is 0 Å². The van der Waals surface area contributed by atoms with E-state index < -0.39 is 17.6 Å². The predicted octanol–water partition coefficient (Wildman–Crippen LogP) is 1.20. The summed E-state index contributed by atoms with van der Waals surface area (Å²) in [4.78, 5) is 34.1. The first-order valence-corrected chi connectivity index (χ1v) is 8.76. The Balaban J connectivity index is 1.78. The summed E-state index contributed by atoms with van der Waals surface area (Å²) in [5.41, 5.74) is 5.77. The van der Waals surface area contributed by atoms with Crippen molar-refractivity contribution in [3.63, 3.8) is 0 Å². The third kappa shape index (κ3) is 2.88. The Labute approximate surface area is 155 Å². The molecule has 3 heterocycles. The Morgan fingerprint density at radius 1 is 1.44 bits per heavy atom. The summed E-state index contributed by atoms with van der Waals surface area (Å²) < 4.78 is 11.2. The van der Waals surface area contributed by atoms with E-state index in [1.54, 1.807) is 12.1 Å². The Morgan fingerprint density at radius 2 is 2.22 bits per heavy atom. The minimum absolute atomic E-state index is 0.119. The molecular formula is C18H21N5O4. The number of benzene rings is 1. The molecule has 142 valence electrons. The normalized spacial score (nSPS) is 24.1. The maximum absolute atomic E-state index is 11.8. The number of anilines is 1. The van der Waals surface area contributed by atoms with Crippen LogP contribution in [0.1, 0.15) is 31.1 Å². The average molecular weight is 371 g/mol. The molecule has 0 bridgehead atoms. The van der Waals surface area contributed by atoms with Crippen molar-refractivity contribution in [1.82, 2.24) is 15.3 Å². The van der Waals surface area contributed by atoms with Crippen LogP contribution in [-0.4, -0.2) is 52.8 Å². The van der Waals surface area contributed by atoms with Gasteiger partial charge in [0.25, 0.3) is 5.91 Å². The number of nitrogens with zero attached hydrogens (tertiary/aromatic N) is 3. The van der Waals surface area contributed by atoms with Crippen LogP contribution in [0.4, 0.5) is 10.6 Å². The molecule has 1 aromatic heterocycles. The number of nitrogens with one attached hydrogen (secondary N) is 1. The lowest BCUT2D eigenvalue weighted by Crippen LogP contribution is -2.39. The minimum atomic E-state index is -0.612. The van der Waals surface area contributed by atoms with Gasteiger partial charge in [-0.2, -0.15) is 0 Å². The lowest BCUT2D eigenvalue weighted by Gasteiger charge is -2.23. The zero-order chi connectivity index (χ0) is 19.3. The van der Waals surface area contributed by atoms with Gasteiger partial charge in [-0.1, -0.05) is 0 Å². The standard InChI is InChI=1S/C18H21N5O4/c1-9(2)26-13-5-10-12(4-11(13)15(19)24)20-8-21-16(10)23-6-14-18(3,7-23)27-17(25)22-14/h4-5,8-9,14H,6-7H2,1-3H3,(H2,19,24)(H,22,25)/t14-,18+/m1/s1. The summed E-state index contributed by atoms with van der Waals surface area (Å²) in [6.07, 6.45) is 0.928. The van der Waals surface area contributed by atoms with Gasteiger partial charge in [-0.05, 0) is 32.9 Å². The molecule has 0 saturated carbocycles. The Bertz CT molecular complexity index is 947. The van der Waals surface area contributed by atoms with Gasteiger partial charge in [0, 0.05) is 11.9 Å². The van der Waals surface area contributed by atoms with Crippen molar-refractivity contribution in [2.45, 2.75) is 38.5 Å². The van der Waals surface area contributed by atoms with Gasteiger partial charge in [0.15, 0.2) is 5.60 Å².